The minimum Gasteiger partial charge on any atom is -0.382 e. The lowest BCUT2D eigenvalue weighted by atomic mass is 10.1. The number of anilines is 2. The Morgan fingerprint density at radius 2 is 2.29 bits per heavy atom. The summed E-state index contributed by atoms with van der Waals surface area (Å²) >= 11 is 0. The second kappa shape index (κ2) is 6.76. The van der Waals surface area contributed by atoms with Crippen molar-refractivity contribution < 1.29 is 4.92 Å². The number of benzene rings is 1. The highest BCUT2D eigenvalue weighted by Crippen LogP contribution is 2.35. The quantitative estimate of drug-likeness (QED) is 0.645. The topological polar surface area (TPSA) is 61.6 Å². The van der Waals surface area contributed by atoms with E-state index < -0.39 is 0 Å². The molecule has 1 atom stereocenters. The van der Waals surface area contributed by atoms with Crippen LogP contribution in [0, 0.1) is 10.1 Å². The number of likely N-dealkylation sites (tertiary alicyclic amines) is 1. The highest BCUT2D eigenvalue weighted by molar-refractivity contribution is 5.76. The average Bonchev–Trinajstić information content (AvgIpc) is 2.93. The molecule has 0 spiro atoms. The van der Waals surface area contributed by atoms with Crippen molar-refractivity contribution in [1.82, 2.24) is 4.90 Å². The van der Waals surface area contributed by atoms with Gasteiger partial charge in [-0.05, 0) is 38.1 Å². The number of hydrogen-bond acceptors (Lipinski definition) is 5. The first-order valence-electron chi connectivity index (χ1n) is 7.48. The molecule has 0 aromatic heterocycles. The normalized spacial score (nSPS) is 18.7. The minimum absolute atomic E-state index is 0.156. The monoisotopic (exact) mass is 292 g/mol. The van der Waals surface area contributed by atoms with Crippen LogP contribution >= 0.6 is 0 Å². The summed E-state index contributed by atoms with van der Waals surface area (Å²) in [5.41, 5.74) is 1.39. The van der Waals surface area contributed by atoms with Crippen LogP contribution in [-0.2, 0) is 0 Å². The third kappa shape index (κ3) is 3.26. The largest absolute Gasteiger partial charge is 0.382 e. The van der Waals surface area contributed by atoms with E-state index in [0.29, 0.717) is 17.4 Å². The fourth-order valence-corrected chi connectivity index (χ4v) is 3.17. The molecule has 1 aromatic rings. The van der Waals surface area contributed by atoms with E-state index in [9.17, 15) is 10.1 Å². The van der Waals surface area contributed by atoms with Crippen LogP contribution < -0.4 is 10.2 Å². The van der Waals surface area contributed by atoms with E-state index in [1.165, 1.54) is 6.42 Å². The smallest absolute Gasteiger partial charge is 0.315 e. The molecule has 0 amide bonds. The van der Waals surface area contributed by atoms with E-state index >= 15 is 0 Å². The van der Waals surface area contributed by atoms with E-state index in [2.05, 4.69) is 17.1 Å². The maximum atomic E-state index is 11.4. The number of rotatable bonds is 6. The summed E-state index contributed by atoms with van der Waals surface area (Å²) < 4.78 is 0. The van der Waals surface area contributed by atoms with Gasteiger partial charge in [0.2, 0.25) is 0 Å². The number of nitro benzene ring substituents is 1. The van der Waals surface area contributed by atoms with Crippen molar-refractivity contribution in [3.63, 3.8) is 0 Å². The summed E-state index contributed by atoms with van der Waals surface area (Å²) in [6, 6.07) is 5.91. The van der Waals surface area contributed by atoms with Gasteiger partial charge < -0.3 is 10.2 Å². The molecule has 2 rings (SSSR count). The second-order valence-electron chi connectivity index (χ2n) is 5.49. The van der Waals surface area contributed by atoms with Crippen LogP contribution in [0.5, 0.6) is 0 Å². The molecule has 1 aliphatic heterocycles. The van der Waals surface area contributed by atoms with Crippen LogP contribution in [0.3, 0.4) is 0 Å². The van der Waals surface area contributed by atoms with Crippen LogP contribution in [0.15, 0.2) is 18.2 Å². The molecule has 1 unspecified atom stereocenters. The number of para-hydroxylation sites is 1. The van der Waals surface area contributed by atoms with Crippen LogP contribution in [0.25, 0.3) is 0 Å². The molecule has 1 aliphatic rings. The Kier molecular flexibility index (Phi) is 5.01. The van der Waals surface area contributed by atoms with Crippen LogP contribution in [0.1, 0.15) is 19.8 Å². The molecular formula is C15H24N4O2. The summed E-state index contributed by atoms with van der Waals surface area (Å²) in [7, 11) is 3.65. The highest BCUT2D eigenvalue weighted by Gasteiger charge is 2.27. The molecule has 6 nitrogen and oxygen atoms in total. The fraction of sp³-hybridized carbons (Fsp3) is 0.600. The Balaban J connectivity index is 2.22. The van der Waals surface area contributed by atoms with Crippen molar-refractivity contribution in [2.24, 2.45) is 0 Å². The first-order valence-corrected chi connectivity index (χ1v) is 7.48. The van der Waals surface area contributed by atoms with Crippen LogP contribution in [-0.4, -0.2) is 49.6 Å². The van der Waals surface area contributed by atoms with Gasteiger partial charge in [0.1, 0.15) is 11.4 Å². The zero-order valence-corrected chi connectivity index (χ0v) is 13.0. The van der Waals surface area contributed by atoms with Gasteiger partial charge >= 0.3 is 5.69 Å². The van der Waals surface area contributed by atoms with E-state index in [0.717, 1.165) is 26.1 Å². The van der Waals surface area contributed by atoms with Crippen molar-refractivity contribution in [2.75, 3.05) is 43.9 Å². The molecular weight excluding hydrogens is 268 g/mol. The molecule has 0 radical (unpaired) electrons. The SMILES string of the molecule is CCN1CCCC1CN(C)c1cccc(NC)c1[N+](=O)[O-]. The number of nitrogens with zero attached hydrogens (tertiary/aromatic N) is 3. The van der Waals surface area contributed by atoms with Gasteiger partial charge in [-0.25, -0.2) is 0 Å². The Labute approximate surface area is 125 Å². The second-order valence-corrected chi connectivity index (χ2v) is 5.49. The molecule has 0 aliphatic carbocycles. The third-order valence-corrected chi connectivity index (χ3v) is 4.27. The summed E-state index contributed by atoms with van der Waals surface area (Å²) in [6.45, 7) is 5.16. The third-order valence-electron chi connectivity index (χ3n) is 4.27. The lowest BCUT2D eigenvalue weighted by molar-refractivity contribution is -0.383. The van der Waals surface area contributed by atoms with E-state index in [1.54, 1.807) is 13.1 Å². The van der Waals surface area contributed by atoms with Crippen molar-refractivity contribution in [3.05, 3.63) is 28.3 Å². The first-order chi connectivity index (χ1) is 10.1. The van der Waals surface area contributed by atoms with Gasteiger partial charge in [0.15, 0.2) is 0 Å². The Morgan fingerprint density at radius 1 is 1.52 bits per heavy atom. The summed E-state index contributed by atoms with van der Waals surface area (Å²) in [6.07, 6.45) is 2.38. The molecule has 1 aromatic carbocycles. The minimum atomic E-state index is -0.302. The standard InChI is InChI=1S/C15H24N4O2/c1-4-18-10-6-7-12(18)11-17(3)14-9-5-8-13(16-2)15(14)19(20)21/h5,8-9,12,16H,4,6-7,10-11H2,1-3H3. The number of hydrogen-bond donors (Lipinski definition) is 1. The number of likely N-dealkylation sites (N-methyl/N-ethyl adjacent to an activating group) is 2. The zero-order chi connectivity index (χ0) is 15.4. The fourth-order valence-electron chi connectivity index (χ4n) is 3.17. The Morgan fingerprint density at radius 3 is 2.90 bits per heavy atom. The highest BCUT2D eigenvalue weighted by atomic mass is 16.6. The number of nitro groups is 1. The molecule has 1 N–H and O–H groups in total. The van der Waals surface area contributed by atoms with Gasteiger partial charge in [0.05, 0.1) is 4.92 Å². The molecule has 21 heavy (non-hydrogen) atoms. The van der Waals surface area contributed by atoms with Crippen LogP contribution in [0.2, 0.25) is 0 Å². The summed E-state index contributed by atoms with van der Waals surface area (Å²) in [4.78, 5) is 15.6. The summed E-state index contributed by atoms with van der Waals surface area (Å²) in [5.74, 6) is 0. The average molecular weight is 292 g/mol. The van der Waals surface area contributed by atoms with Gasteiger partial charge in [-0.15, -0.1) is 0 Å². The van der Waals surface area contributed by atoms with Crippen LogP contribution in [0.4, 0.5) is 17.1 Å². The molecule has 1 fully saturated rings. The van der Waals surface area contributed by atoms with Crippen molar-refractivity contribution in [1.29, 1.82) is 0 Å². The zero-order valence-electron chi connectivity index (χ0n) is 13.0. The van der Waals surface area contributed by atoms with Gasteiger partial charge in [-0.2, -0.15) is 0 Å². The lowest BCUT2D eigenvalue weighted by Gasteiger charge is -2.29. The first kappa shape index (κ1) is 15.6. The Hall–Kier alpha value is -1.82. The maximum absolute atomic E-state index is 11.4. The van der Waals surface area contributed by atoms with E-state index in [1.807, 2.05) is 24.1 Å². The summed E-state index contributed by atoms with van der Waals surface area (Å²) in [5, 5.41) is 14.3. The molecule has 1 heterocycles. The van der Waals surface area contributed by atoms with Gasteiger partial charge in [0, 0.05) is 26.7 Å². The number of nitrogens with one attached hydrogen (secondary N) is 1. The van der Waals surface area contributed by atoms with Crippen molar-refractivity contribution >= 4 is 17.1 Å². The predicted octanol–water partition coefficient (Wildman–Crippen LogP) is 2.56. The van der Waals surface area contributed by atoms with Gasteiger partial charge in [-0.1, -0.05) is 13.0 Å². The van der Waals surface area contributed by atoms with Gasteiger partial charge in [-0.3, -0.25) is 15.0 Å². The predicted molar refractivity (Wildman–Crippen MR) is 86.2 cm³/mol. The van der Waals surface area contributed by atoms with E-state index in [-0.39, 0.29) is 10.6 Å². The van der Waals surface area contributed by atoms with E-state index in [4.69, 9.17) is 0 Å². The van der Waals surface area contributed by atoms with Gasteiger partial charge in [0.25, 0.3) is 0 Å². The van der Waals surface area contributed by atoms with Crippen molar-refractivity contribution in [3.8, 4) is 0 Å². The molecule has 0 bridgehead atoms. The molecule has 6 heteroatoms. The lowest BCUT2D eigenvalue weighted by Crippen LogP contribution is -2.38. The Bertz CT molecular complexity index is 506. The van der Waals surface area contributed by atoms with Crippen molar-refractivity contribution in [2.45, 2.75) is 25.8 Å². The molecule has 116 valence electrons. The molecule has 1 saturated heterocycles. The maximum Gasteiger partial charge on any atom is 0.315 e. The molecule has 0 saturated carbocycles.